The number of rotatable bonds is 5. The van der Waals surface area contributed by atoms with Crippen LogP contribution in [0.4, 0.5) is 8.78 Å². The normalized spacial score (nSPS) is 19.6. The van der Waals surface area contributed by atoms with E-state index in [2.05, 4.69) is 6.58 Å². The fraction of sp³-hybridized carbons (Fsp3) is 0.429. The van der Waals surface area contributed by atoms with Crippen molar-refractivity contribution in [3.05, 3.63) is 48.8 Å². The highest BCUT2D eigenvalue weighted by molar-refractivity contribution is 5.33. The summed E-state index contributed by atoms with van der Waals surface area (Å²) < 4.78 is 30.6. The lowest BCUT2D eigenvalue weighted by Crippen LogP contribution is -2.13. The molecule has 3 heteroatoms. The lowest BCUT2D eigenvalue weighted by atomic mass is 9.98. The molecule has 1 fully saturated rings. The standard InChI is InChI=1S/C14H18F2O/c1-2-12(8-9-15)10-13(16)11-17-14-6-4-3-5-7-14/h2,8-11,14H,1,3-7H2. The van der Waals surface area contributed by atoms with Gasteiger partial charge >= 0.3 is 0 Å². The molecule has 1 aliphatic rings. The quantitative estimate of drug-likeness (QED) is 0.498. The van der Waals surface area contributed by atoms with Gasteiger partial charge in [0, 0.05) is 0 Å². The van der Waals surface area contributed by atoms with Gasteiger partial charge in [0.25, 0.3) is 0 Å². The summed E-state index contributed by atoms with van der Waals surface area (Å²) in [4.78, 5) is 0. The Kier molecular flexibility index (Phi) is 6.30. The number of hydrogen-bond acceptors (Lipinski definition) is 1. The summed E-state index contributed by atoms with van der Waals surface area (Å²) in [7, 11) is 0. The first-order valence-electron chi connectivity index (χ1n) is 5.88. The van der Waals surface area contributed by atoms with Gasteiger partial charge in [0.15, 0.2) is 5.83 Å². The van der Waals surface area contributed by atoms with Crippen molar-refractivity contribution in [2.45, 2.75) is 38.2 Å². The van der Waals surface area contributed by atoms with Crippen LogP contribution in [0.25, 0.3) is 0 Å². The Morgan fingerprint density at radius 1 is 1.24 bits per heavy atom. The zero-order valence-electron chi connectivity index (χ0n) is 9.87. The van der Waals surface area contributed by atoms with Gasteiger partial charge in [0.05, 0.1) is 12.4 Å². The molecule has 1 aliphatic carbocycles. The number of ether oxygens (including phenoxy) is 1. The van der Waals surface area contributed by atoms with Crippen LogP contribution in [0.15, 0.2) is 48.8 Å². The Morgan fingerprint density at radius 2 is 1.94 bits per heavy atom. The first-order chi connectivity index (χ1) is 8.26. The molecular weight excluding hydrogens is 222 g/mol. The number of allylic oxidation sites excluding steroid dienone is 5. The molecule has 0 amide bonds. The second-order valence-electron chi connectivity index (χ2n) is 4.04. The van der Waals surface area contributed by atoms with Crippen molar-refractivity contribution >= 4 is 0 Å². The van der Waals surface area contributed by atoms with Gasteiger partial charge in [-0.05, 0) is 43.4 Å². The molecule has 0 heterocycles. The molecule has 1 nitrogen and oxygen atoms in total. The molecule has 0 aromatic heterocycles. The van der Waals surface area contributed by atoms with Gasteiger partial charge in [0.2, 0.25) is 0 Å². The van der Waals surface area contributed by atoms with Crippen molar-refractivity contribution < 1.29 is 13.5 Å². The van der Waals surface area contributed by atoms with Crippen LogP contribution < -0.4 is 0 Å². The average molecular weight is 240 g/mol. The molecular formula is C14H18F2O. The number of hydrogen-bond donors (Lipinski definition) is 0. The van der Waals surface area contributed by atoms with Crippen LogP contribution in [0.5, 0.6) is 0 Å². The first kappa shape index (κ1) is 13.7. The third-order valence-corrected chi connectivity index (χ3v) is 2.72. The summed E-state index contributed by atoms with van der Waals surface area (Å²) in [5.74, 6) is -0.524. The van der Waals surface area contributed by atoms with Crippen LogP contribution >= 0.6 is 0 Å². The minimum absolute atomic E-state index is 0.117. The van der Waals surface area contributed by atoms with Crippen molar-refractivity contribution in [1.29, 1.82) is 0 Å². The Labute approximate surface area is 101 Å². The molecule has 0 atom stereocenters. The highest BCUT2D eigenvalue weighted by atomic mass is 19.1. The van der Waals surface area contributed by atoms with Gasteiger partial charge in [-0.15, -0.1) is 0 Å². The minimum Gasteiger partial charge on any atom is -0.495 e. The topological polar surface area (TPSA) is 9.23 Å². The molecule has 0 aromatic carbocycles. The van der Waals surface area contributed by atoms with E-state index >= 15 is 0 Å². The van der Waals surface area contributed by atoms with Crippen molar-refractivity contribution in [1.82, 2.24) is 0 Å². The van der Waals surface area contributed by atoms with E-state index in [1.807, 2.05) is 0 Å². The molecule has 0 spiro atoms. The van der Waals surface area contributed by atoms with Gasteiger partial charge in [0.1, 0.15) is 6.26 Å². The van der Waals surface area contributed by atoms with Gasteiger partial charge in [-0.25, -0.2) is 8.78 Å². The van der Waals surface area contributed by atoms with Crippen LogP contribution in [0, 0.1) is 0 Å². The Morgan fingerprint density at radius 3 is 2.53 bits per heavy atom. The molecule has 0 bridgehead atoms. The van der Waals surface area contributed by atoms with E-state index in [1.54, 1.807) is 0 Å². The fourth-order valence-electron chi connectivity index (χ4n) is 1.80. The van der Waals surface area contributed by atoms with Crippen molar-refractivity contribution in [3.8, 4) is 0 Å². The van der Waals surface area contributed by atoms with E-state index < -0.39 is 5.83 Å². The van der Waals surface area contributed by atoms with Crippen LogP contribution in [0.3, 0.4) is 0 Å². The predicted molar refractivity (Wildman–Crippen MR) is 65.7 cm³/mol. The monoisotopic (exact) mass is 240 g/mol. The summed E-state index contributed by atoms with van der Waals surface area (Å²) in [5.41, 5.74) is 0.369. The highest BCUT2D eigenvalue weighted by Gasteiger charge is 2.12. The molecule has 1 rings (SSSR count). The summed E-state index contributed by atoms with van der Waals surface area (Å²) >= 11 is 0. The predicted octanol–water partition coefficient (Wildman–Crippen LogP) is 4.74. The van der Waals surface area contributed by atoms with E-state index in [-0.39, 0.29) is 6.10 Å². The van der Waals surface area contributed by atoms with E-state index in [4.69, 9.17) is 4.74 Å². The third kappa shape index (κ3) is 5.48. The summed E-state index contributed by atoms with van der Waals surface area (Å²) in [6, 6.07) is 0. The number of halogens is 2. The Bertz CT molecular complexity index is 323. The van der Waals surface area contributed by atoms with Gasteiger partial charge in [-0.3, -0.25) is 0 Å². The molecule has 1 saturated carbocycles. The fourth-order valence-corrected chi connectivity index (χ4v) is 1.80. The average Bonchev–Trinajstić information content (AvgIpc) is 2.37. The van der Waals surface area contributed by atoms with Gasteiger partial charge < -0.3 is 4.74 Å². The second kappa shape index (κ2) is 7.82. The first-order valence-corrected chi connectivity index (χ1v) is 5.88. The minimum atomic E-state index is -0.524. The van der Waals surface area contributed by atoms with Gasteiger partial charge in [-0.1, -0.05) is 19.1 Å². The molecule has 0 radical (unpaired) electrons. The molecule has 0 unspecified atom stereocenters. The smallest absolute Gasteiger partial charge is 0.158 e. The molecule has 0 N–H and O–H groups in total. The third-order valence-electron chi connectivity index (χ3n) is 2.72. The van der Waals surface area contributed by atoms with Crippen molar-refractivity contribution in [3.63, 3.8) is 0 Å². The largest absolute Gasteiger partial charge is 0.495 e. The van der Waals surface area contributed by atoms with Crippen LogP contribution in [0.2, 0.25) is 0 Å². The van der Waals surface area contributed by atoms with Crippen LogP contribution in [0.1, 0.15) is 32.1 Å². The zero-order valence-corrected chi connectivity index (χ0v) is 9.87. The lowest BCUT2D eigenvalue weighted by Gasteiger charge is -2.20. The van der Waals surface area contributed by atoms with E-state index in [0.29, 0.717) is 11.9 Å². The lowest BCUT2D eigenvalue weighted by molar-refractivity contribution is 0.102. The highest BCUT2D eigenvalue weighted by Crippen LogP contribution is 2.21. The Balaban J connectivity index is 2.49. The maximum Gasteiger partial charge on any atom is 0.158 e. The maximum absolute atomic E-state index is 13.4. The molecule has 17 heavy (non-hydrogen) atoms. The Hall–Kier alpha value is -1.38. The molecule has 94 valence electrons. The maximum atomic E-state index is 13.4. The van der Waals surface area contributed by atoms with Gasteiger partial charge in [-0.2, -0.15) is 0 Å². The van der Waals surface area contributed by atoms with Crippen LogP contribution in [-0.4, -0.2) is 6.10 Å². The second-order valence-corrected chi connectivity index (χ2v) is 4.04. The summed E-state index contributed by atoms with van der Waals surface area (Å²) in [6.07, 6.45) is 10.7. The molecule has 0 aromatic rings. The van der Waals surface area contributed by atoms with E-state index in [9.17, 15) is 8.78 Å². The SMILES string of the molecule is C=CC(C=CF)=CC(F)=COC1CCCCC1. The zero-order chi connectivity index (χ0) is 12.5. The van der Waals surface area contributed by atoms with E-state index in [0.717, 1.165) is 38.0 Å². The van der Waals surface area contributed by atoms with E-state index in [1.165, 1.54) is 18.6 Å². The molecule has 0 saturated heterocycles. The van der Waals surface area contributed by atoms with Crippen molar-refractivity contribution in [2.24, 2.45) is 0 Å². The summed E-state index contributed by atoms with van der Waals surface area (Å²) in [6.45, 7) is 3.46. The van der Waals surface area contributed by atoms with Crippen LogP contribution in [-0.2, 0) is 4.74 Å². The molecule has 0 aliphatic heterocycles. The van der Waals surface area contributed by atoms with Crippen molar-refractivity contribution in [2.75, 3.05) is 0 Å². The summed E-state index contributed by atoms with van der Waals surface area (Å²) in [5, 5.41) is 0.